The smallest absolute Gasteiger partial charge is 0.159 e. The number of halogens is 1. The standard InChI is InChI=1S/C12H12BrN3/c1-8-6-11(7-14)16-12(15-8)9-2-4-10(13)5-3-9/h2-6H,7,14H2,1H3. The summed E-state index contributed by atoms with van der Waals surface area (Å²) >= 11 is 3.40. The largest absolute Gasteiger partial charge is 0.325 e. The van der Waals surface area contributed by atoms with E-state index in [4.69, 9.17) is 5.73 Å². The minimum absolute atomic E-state index is 0.437. The summed E-state index contributed by atoms with van der Waals surface area (Å²) in [5, 5.41) is 0. The quantitative estimate of drug-likeness (QED) is 0.918. The van der Waals surface area contributed by atoms with Crippen LogP contribution in [0.5, 0.6) is 0 Å². The summed E-state index contributed by atoms with van der Waals surface area (Å²) in [6.45, 7) is 2.39. The maximum atomic E-state index is 5.59. The molecule has 0 unspecified atom stereocenters. The van der Waals surface area contributed by atoms with E-state index in [9.17, 15) is 0 Å². The van der Waals surface area contributed by atoms with Crippen molar-refractivity contribution < 1.29 is 0 Å². The molecular weight excluding hydrogens is 266 g/mol. The van der Waals surface area contributed by atoms with E-state index >= 15 is 0 Å². The van der Waals surface area contributed by atoms with Gasteiger partial charge in [0.05, 0.1) is 5.69 Å². The van der Waals surface area contributed by atoms with Crippen molar-refractivity contribution in [3.8, 4) is 11.4 Å². The zero-order valence-electron chi connectivity index (χ0n) is 8.94. The number of benzene rings is 1. The van der Waals surface area contributed by atoms with Gasteiger partial charge < -0.3 is 5.73 Å². The van der Waals surface area contributed by atoms with Crippen molar-refractivity contribution in [2.45, 2.75) is 13.5 Å². The fourth-order valence-corrected chi connectivity index (χ4v) is 1.73. The summed E-state index contributed by atoms with van der Waals surface area (Å²) in [5.41, 5.74) is 8.40. The van der Waals surface area contributed by atoms with Crippen molar-refractivity contribution in [1.29, 1.82) is 0 Å². The predicted octanol–water partition coefficient (Wildman–Crippen LogP) is 2.67. The summed E-state index contributed by atoms with van der Waals surface area (Å²) in [6, 6.07) is 9.83. The molecule has 0 amide bonds. The van der Waals surface area contributed by atoms with Crippen LogP contribution in [0.15, 0.2) is 34.8 Å². The lowest BCUT2D eigenvalue weighted by atomic mass is 10.2. The normalized spacial score (nSPS) is 10.4. The van der Waals surface area contributed by atoms with Crippen LogP contribution in [-0.4, -0.2) is 9.97 Å². The maximum Gasteiger partial charge on any atom is 0.159 e. The van der Waals surface area contributed by atoms with E-state index in [1.165, 1.54) is 0 Å². The second-order valence-electron chi connectivity index (χ2n) is 3.54. The van der Waals surface area contributed by atoms with Crippen LogP contribution >= 0.6 is 15.9 Å². The number of rotatable bonds is 2. The van der Waals surface area contributed by atoms with Crippen LogP contribution in [0.25, 0.3) is 11.4 Å². The highest BCUT2D eigenvalue weighted by atomic mass is 79.9. The van der Waals surface area contributed by atoms with Crippen LogP contribution in [0.2, 0.25) is 0 Å². The number of hydrogen-bond donors (Lipinski definition) is 1. The topological polar surface area (TPSA) is 51.8 Å². The van der Waals surface area contributed by atoms with Crippen LogP contribution in [0.3, 0.4) is 0 Å². The number of hydrogen-bond acceptors (Lipinski definition) is 3. The first kappa shape index (κ1) is 11.2. The highest BCUT2D eigenvalue weighted by Gasteiger charge is 2.03. The fourth-order valence-electron chi connectivity index (χ4n) is 1.47. The lowest BCUT2D eigenvalue weighted by Crippen LogP contribution is -2.03. The first-order chi connectivity index (χ1) is 7.69. The molecule has 0 radical (unpaired) electrons. The molecule has 1 aromatic carbocycles. The number of aryl methyl sites for hydroxylation is 1. The molecule has 2 rings (SSSR count). The summed E-state index contributed by atoms with van der Waals surface area (Å²) in [6.07, 6.45) is 0. The Morgan fingerprint density at radius 3 is 2.50 bits per heavy atom. The third kappa shape index (κ3) is 2.46. The highest BCUT2D eigenvalue weighted by Crippen LogP contribution is 2.19. The van der Waals surface area contributed by atoms with E-state index < -0.39 is 0 Å². The summed E-state index contributed by atoms with van der Waals surface area (Å²) in [7, 11) is 0. The van der Waals surface area contributed by atoms with Gasteiger partial charge in [0.2, 0.25) is 0 Å². The summed E-state index contributed by atoms with van der Waals surface area (Å²) in [5.74, 6) is 0.730. The van der Waals surface area contributed by atoms with Crippen molar-refractivity contribution >= 4 is 15.9 Å². The van der Waals surface area contributed by atoms with E-state index in [2.05, 4.69) is 25.9 Å². The molecule has 82 valence electrons. The monoisotopic (exact) mass is 277 g/mol. The van der Waals surface area contributed by atoms with Gasteiger partial charge in [-0.3, -0.25) is 0 Å². The Morgan fingerprint density at radius 2 is 1.88 bits per heavy atom. The van der Waals surface area contributed by atoms with E-state index in [0.29, 0.717) is 6.54 Å². The number of aromatic nitrogens is 2. The Labute approximate surface area is 103 Å². The van der Waals surface area contributed by atoms with Gasteiger partial charge in [-0.25, -0.2) is 9.97 Å². The molecule has 0 aliphatic heterocycles. The van der Waals surface area contributed by atoms with Crippen LogP contribution < -0.4 is 5.73 Å². The molecule has 16 heavy (non-hydrogen) atoms. The van der Waals surface area contributed by atoms with Crippen molar-refractivity contribution in [2.24, 2.45) is 5.73 Å². The highest BCUT2D eigenvalue weighted by molar-refractivity contribution is 9.10. The van der Waals surface area contributed by atoms with Gasteiger partial charge in [0.15, 0.2) is 5.82 Å². The molecule has 0 fully saturated rings. The predicted molar refractivity (Wildman–Crippen MR) is 67.8 cm³/mol. The molecule has 0 aliphatic rings. The molecule has 3 nitrogen and oxygen atoms in total. The van der Waals surface area contributed by atoms with Gasteiger partial charge in [-0.1, -0.05) is 28.1 Å². The molecule has 0 spiro atoms. The molecular formula is C12H12BrN3. The summed E-state index contributed by atoms with van der Waals surface area (Å²) in [4.78, 5) is 8.80. The molecule has 4 heteroatoms. The van der Waals surface area contributed by atoms with Crippen LogP contribution in [0.4, 0.5) is 0 Å². The third-order valence-corrected chi connectivity index (χ3v) is 2.75. The van der Waals surface area contributed by atoms with Crippen LogP contribution in [0, 0.1) is 6.92 Å². The van der Waals surface area contributed by atoms with Crippen molar-refractivity contribution in [3.63, 3.8) is 0 Å². The molecule has 2 N–H and O–H groups in total. The van der Waals surface area contributed by atoms with Crippen molar-refractivity contribution in [1.82, 2.24) is 9.97 Å². The molecule has 0 bridgehead atoms. The van der Waals surface area contributed by atoms with Crippen molar-refractivity contribution in [3.05, 3.63) is 46.2 Å². The van der Waals surface area contributed by atoms with Gasteiger partial charge in [0.1, 0.15) is 0 Å². The van der Waals surface area contributed by atoms with Gasteiger partial charge in [0.25, 0.3) is 0 Å². The average molecular weight is 278 g/mol. The Balaban J connectivity index is 2.47. The minimum atomic E-state index is 0.437. The molecule has 0 atom stereocenters. The average Bonchev–Trinajstić information content (AvgIpc) is 2.29. The van der Waals surface area contributed by atoms with E-state index in [0.717, 1.165) is 27.2 Å². The molecule has 1 heterocycles. The number of nitrogens with two attached hydrogens (primary N) is 1. The minimum Gasteiger partial charge on any atom is -0.325 e. The van der Waals surface area contributed by atoms with Gasteiger partial charge in [0, 0.05) is 22.3 Å². The molecule has 1 aromatic heterocycles. The first-order valence-corrected chi connectivity index (χ1v) is 5.79. The van der Waals surface area contributed by atoms with Crippen LogP contribution in [-0.2, 0) is 6.54 Å². The molecule has 0 saturated carbocycles. The van der Waals surface area contributed by atoms with E-state index in [1.54, 1.807) is 0 Å². The lowest BCUT2D eigenvalue weighted by Gasteiger charge is -2.04. The maximum absolute atomic E-state index is 5.59. The van der Waals surface area contributed by atoms with Gasteiger partial charge in [-0.05, 0) is 25.1 Å². The Kier molecular flexibility index (Phi) is 3.31. The fraction of sp³-hybridized carbons (Fsp3) is 0.167. The van der Waals surface area contributed by atoms with Gasteiger partial charge in [-0.2, -0.15) is 0 Å². The van der Waals surface area contributed by atoms with Crippen LogP contribution in [0.1, 0.15) is 11.4 Å². The number of nitrogens with zero attached hydrogens (tertiary/aromatic N) is 2. The Bertz CT molecular complexity index is 494. The second-order valence-corrected chi connectivity index (χ2v) is 4.45. The summed E-state index contributed by atoms with van der Waals surface area (Å²) < 4.78 is 1.04. The van der Waals surface area contributed by atoms with Gasteiger partial charge >= 0.3 is 0 Å². The zero-order chi connectivity index (χ0) is 11.5. The first-order valence-electron chi connectivity index (χ1n) is 4.99. The van der Waals surface area contributed by atoms with E-state index in [-0.39, 0.29) is 0 Å². The van der Waals surface area contributed by atoms with Gasteiger partial charge in [-0.15, -0.1) is 0 Å². The van der Waals surface area contributed by atoms with E-state index in [1.807, 2.05) is 37.3 Å². The third-order valence-electron chi connectivity index (χ3n) is 2.22. The molecule has 0 aliphatic carbocycles. The van der Waals surface area contributed by atoms with Crippen molar-refractivity contribution in [2.75, 3.05) is 0 Å². The molecule has 2 aromatic rings. The molecule has 0 saturated heterocycles. The SMILES string of the molecule is Cc1cc(CN)nc(-c2ccc(Br)cc2)n1. The Morgan fingerprint density at radius 1 is 1.19 bits per heavy atom. The Hall–Kier alpha value is -1.26. The second kappa shape index (κ2) is 4.72. The zero-order valence-corrected chi connectivity index (χ0v) is 10.5. The lowest BCUT2D eigenvalue weighted by molar-refractivity contribution is 0.953.